The van der Waals surface area contributed by atoms with Gasteiger partial charge in [0.1, 0.15) is 44.2 Å². The summed E-state index contributed by atoms with van der Waals surface area (Å²) in [4.78, 5) is 3.46. The van der Waals surface area contributed by atoms with Crippen LogP contribution in [0.5, 0.6) is 11.5 Å². The Morgan fingerprint density at radius 2 is 1.79 bits per heavy atom. The zero-order valence-electron chi connectivity index (χ0n) is 15.1. The molecule has 0 amide bonds. The molecule has 4 nitrogen and oxygen atoms in total. The van der Waals surface area contributed by atoms with Gasteiger partial charge in [-0.05, 0) is 37.5 Å². The average molecular weight is 332 g/mol. The maximum Gasteiger partial charge on any atom is 0.127 e. The highest BCUT2D eigenvalue weighted by Crippen LogP contribution is 2.23. The van der Waals surface area contributed by atoms with E-state index in [2.05, 4.69) is 18.2 Å². The van der Waals surface area contributed by atoms with E-state index in [1.54, 1.807) is 24.0 Å². The molecule has 2 N–H and O–H groups in total. The first-order valence-corrected chi connectivity index (χ1v) is 9.31. The Hall–Kier alpha value is -1.52. The zero-order valence-corrected chi connectivity index (χ0v) is 15.1. The standard InChI is InChI=1S/C20H30N2O2/c1-23-19-8-9-20(24-2)18(14-19)16-22-12-10-21(11-13-22)15-17-6-4-3-5-7-17/h3-4,8-9,14,17H,5-7,10-13,15-16H2,1-2H3/p+2. The molecule has 1 aliphatic carbocycles. The summed E-state index contributed by atoms with van der Waals surface area (Å²) in [6.07, 6.45) is 8.68. The molecule has 0 bridgehead atoms. The van der Waals surface area contributed by atoms with Crippen molar-refractivity contribution in [2.24, 2.45) is 5.92 Å². The van der Waals surface area contributed by atoms with Gasteiger partial charge in [-0.1, -0.05) is 12.2 Å². The molecule has 1 unspecified atom stereocenters. The third kappa shape index (κ3) is 4.52. The third-order valence-corrected chi connectivity index (χ3v) is 5.55. The molecule has 1 saturated heterocycles. The van der Waals surface area contributed by atoms with E-state index in [1.165, 1.54) is 57.5 Å². The van der Waals surface area contributed by atoms with Crippen LogP contribution in [-0.4, -0.2) is 46.9 Å². The van der Waals surface area contributed by atoms with Gasteiger partial charge in [0.05, 0.1) is 26.3 Å². The van der Waals surface area contributed by atoms with Crippen molar-refractivity contribution < 1.29 is 19.3 Å². The number of benzene rings is 1. The molecule has 1 fully saturated rings. The maximum absolute atomic E-state index is 5.53. The predicted octanol–water partition coefficient (Wildman–Crippen LogP) is 0.344. The first-order valence-electron chi connectivity index (χ1n) is 9.31. The van der Waals surface area contributed by atoms with Crippen molar-refractivity contribution in [3.63, 3.8) is 0 Å². The SMILES string of the molecule is COc1ccc(OC)c(C[NH+]2CC[NH+](CC3CC=CCC3)CC2)c1. The molecule has 1 heterocycles. The van der Waals surface area contributed by atoms with Crippen LogP contribution in [0.4, 0.5) is 0 Å². The van der Waals surface area contributed by atoms with E-state index in [1.807, 2.05) is 12.1 Å². The summed E-state index contributed by atoms with van der Waals surface area (Å²) >= 11 is 0. The second kappa shape index (κ2) is 8.54. The van der Waals surface area contributed by atoms with Crippen LogP contribution in [0.1, 0.15) is 24.8 Å². The zero-order chi connectivity index (χ0) is 16.8. The number of hydrogen-bond donors (Lipinski definition) is 2. The summed E-state index contributed by atoms with van der Waals surface area (Å²) in [5, 5.41) is 0. The van der Waals surface area contributed by atoms with Crippen molar-refractivity contribution in [2.75, 3.05) is 46.9 Å². The molecule has 0 spiro atoms. The van der Waals surface area contributed by atoms with E-state index >= 15 is 0 Å². The number of nitrogens with one attached hydrogen (secondary N) is 2. The van der Waals surface area contributed by atoms with Crippen molar-refractivity contribution in [3.05, 3.63) is 35.9 Å². The Morgan fingerprint density at radius 1 is 1.00 bits per heavy atom. The lowest BCUT2D eigenvalue weighted by atomic mass is 9.94. The number of ether oxygens (including phenoxy) is 2. The Kier molecular flexibility index (Phi) is 6.16. The lowest BCUT2D eigenvalue weighted by Gasteiger charge is -2.32. The molecule has 0 radical (unpaired) electrons. The Bertz CT molecular complexity index is 551. The molecule has 3 rings (SSSR count). The van der Waals surface area contributed by atoms with Gasteiger partial charge in [0.15, 0.2) is 0 Å². The van der Waals surface area contributed by atoms with Crippen molar-refractivity contribution >= 4 is 0 Å². The van der Waals surface area contributed by atoms with Crippen LogP contribution in [0.25, 0.3) is 0 Å². The van der Waals surface area contributed by atoms with E-state index in [-0.39, 0.29) is 0 Å². The second-order valence-corrected chi connectivity index (χ2v) is 7.21. The molecule has 1 aromatic rings. The smallest absolute Gasteiger partial charge is 0.127 e. The van der Waals surface area contributed by atoms with Crippen molar-refractivity contribution in [2.45, 2.75) is 25.8 Å². The molecular formula is C20H32N2O2+2. The Morgan fingerprint density at radius 3 is 2.46 bits per heavy atom. The number of hydrogen-bond acceptors (Lipinski definition) is 2. The number of quaternary nitrogens is 2. The van der Waals surface area contributed by atoms with Crippen LogP contribution in [0.15, 0.2) is 30.4 Å². The maximum atomic E-state index is 5.53. The van der Waals surface area contributed by atoms with Gasteiger partial charge in [0, 0.05) is 5.92 Å². The third-order valence-electron chi connectivity index (χ3n) is 5.55. The Labute approximate surface area is 146 Å². The first-order chi connectivity index (χ1) is 11.8. The van der Waals surface area contributed by atoms with Gasteiger partial charge in [-0.25, -0.2) is 0 Å². The van der Waals surface area contributed by atoms with Gasteiger partial charge in [-0.3, -0.25) is 0 Å². The van der Waals surface area contributed by atoms with E-state index < -0.39 is 0 Å². The average Bonchev–Trinajstić information content (AvgIpc) is 2.64. The summed E-state index contributed by atoms with van der Waals surface area (Å²) in [6.45, 7) is 7.47. The summed E-state index contributed by atoms with van der Waals surface area (Å²) in [5.74, 6) is 2.80. The molecule has 132 valence electrons. The fourth-order valence-corrected chi connectivity index (χ4v) is 4.08. The van der Waals surface area contributed by atoms with Crippen molar-refractivity contribution in [1.82, 2.24) is 0 Å². The summed E-state index contributed by atoms with van der Waals surface area (Å²) < 4.78 is 10.9. The van der Waals surface area contributed by atoms with E-state index in [9.17, 15) is 0 Å². The van der Waals surface area contributed by atoms with E-state index in [4.69, 9.17) is 9.47 Å². The number of methoxy groups -OCH3 is 2. The minimum Gasteiger partial charge on any atom is -0.497 e. The molecule has 4 heteroatoms. The van der Waals surface area contributed by atoms with Crippen LogP contribution in [0.3, 0.4) is 0 Å². The quantitative estimate of drug-likeness (QED) is 0.736. The number of allylic oxidation sites excluding steroid dienone is 2. The largest absolute Gasteiger partial charge is 0.497 e. The highest BCUT2D eigenvalue weighted by molar-refractivity contribution is 5.39. The number of piperazine rings is 1. The van der Waals surface area contributed by atoms with Gasteiger partial charge in [0.25, 0.3) is 0 Å². The molecule has 1 aliphatic heterocycles. The molecule has 2 aliphatic rings. The highest BCUT2D eigenvalue weighted by atomic mass is 16.5. The Balaban J connectivity index is 1.51. The van der Waals surface area contributed by atoms with Crippen LogP contribution in [0, 0.1) is 5.92 Å². The molecular weight excluding hydrogens is 300 g/mol. The second-order valence-electron chi connectivity index (χ2n) is 7.21. The number of rotatable bonds is 6. The fourth-order valence-electron chi connectivity index (χ4n) is 4.08. The van der Waals surface area contributed by atoms with Gasteiger partial charge in [-0.2, -0.15) is 0 Å². The lowest BCUT2D eigenvalue weighted by molar-refractivity contribution is -1.02. The molecule has 1 aromatic carbocycles. The molecule has 0 saturated carbocycles. The normalized spacial score (nSPS) is 27.0. The highest BCUT2D eigenvalue weighted by Gasteiger charge is 2.26. The van der Waals surface area contributed by atoms with Crippen LogP contribution < -0.4 is 19.3 Å². The van der Waals surface area contributed by atoms with Gasteiger partial charge < -0.3 is 19.3 Å². The van der Waals surface area contributed by atoms with E-state index in [0.717, 1.165) is 24.0 Å². The predicted molar refractivity (Wildman–Crippen MR) is 96.0 cm³/mol. The topological polar surface area (TPSA) is 27.3 Å². The van der Waals surface area contributed by atoms with Crippen molar-refractivity contribution in [3.8, 4) is 11.5 Å². The summed E-state index contributed by atoms with van der Waals surface area (Å²) in [5.41, 5.74) is 1.26. The summed E-state index contributed by atoms with van der Waals surface area (Å²) in [6, 6.07) is 6.11. The van der Waals surface area contributed by atoms with Crippen LogP contribution in [-0.2, 0) is 6.54 Å². The molecule has 1 atom stereocenters. The molecule has 0 aromatic heterocycles. The van der Waals surface area contributed by atoms with E-state index in [0.29, 0.717) is 0 Å². The minimum absolute atomic E-state index is 0.907. The van der Waals surface area contributed by atoms with Crippen molar-refractivity contribution in [1.29, 1.82) is 0 Å². The first kappa shape index (κ1) is 17.3. The van der Waals surface area contributed by atoms with Crippen LogP contribution in [0.2, 0.25) is 0 Å². The summed E-state index contributed by atoms with van der Waals surface area (Å²) in [7, 11) is 3.47. The van der Waals surface area contributed by atoms with Gasteiger partial charge in [-0.15, -0.1) is 0 Å². The molecule has 24 heavy (non-hydrogen) atoms. The lowest BCUT2D eigenvalue weighted by Crippen LogP contribution is -3.27. The van der Waals surface area contributed by atoms with Gasteiger partial charge in [0.2, 0.25) is 0 Å². The monoisotopic (exact) mass is 332 g/mol. The fraction of sp³-hybridized carbons (Fsp3) is 0.600. The van der Waals surface area contributed by atoms with Crippen LogP contribution >= 0.6 is 0 Å². The minimum atomic E-state index is 0.907. The van der Waals surface area contributed by atoms with Gasteiger partial charge >= 0.3 is 0 Å².